The van der Waals surface area contributed by atoms with Crippen LogP contribution in [0.5, 0.6) is 0 Å². The molecule has 2 fully saturated rings. The Labute approximate surface area is 194 Å². The molecule has 9 heteroatoms. The number of benzene rings is 2. The molecule has 2 aromatic carbocycles. The van der Waals surface area contributed by atoms with E-state index in [2.05, 4.69) is 0 Å². The van der Waals surface area contributed by atoms with Gasteiger partial charge in [0.1, 0.15) is 0 Å². The maximum atomic E-state index is 13.5. The van der Waals surface area contributed by atoms with E-state index in [0.717, 1.165) is 11.1 Å². The topological polar surface area (TPSA) is 60.9 Å². The summed E-state index contributed by atoms with van der Waals surface area (Å²) < 4.78 is 26.9. The van der Waals surface area contributed by atoms with Gasteiger partial charge in [-0.15, -0.1) is 0 Å². The Bertz CT molecular complexity index is 1010. The highest BCUT2D eigenvalue weighted by Crippen LogP contribution is 2.37. The zero-order chi connectivity index (χ0) is 23.0. The van der Waals surface area contributed by atoms with Gasteiger partial charge in [-0.3, -0.25) is 0 Å². The molecule has 1 aliphatic heterocycles. The molecule has 2 aromatic rings. The quantitative estimate of drug-likeness (QED) is 0.553. The molecule has 1 heterocycles. The number of halogens is 4. The van der Waals surface area contributed by atoms with Crippen molar-refractivity contribution in [1.29, 1.82) is 0 Å². The lowest BCUT2D eigenvalue weighted by Crippen LogP contribution is -2.43. The first-order valence-corrected chi connectivity index (χ1v) is 11.2. The standard InChI is InChI=1S/C23H22Cl2F2N2O3/c24-19-11-16(14-1-3-15(4-2-14)21(30)31)12-20(25)18(19)13-28-9-10-29(22(28)32)17-5-7-23(26,27)8-6-17/h1-4,11-12,17H,5-10,13H2,(H,30,31). The van der Waals surface area contributed by atoms with Crippen molar-refractivity contribution in [2.45, 2.75) is 44.2 Å². The lowest BCUT2D eigenvalue weighted by atomic mass is 9.91. The molecular formula is C23H22Cl2F2N2O3. The van der Waals surface area contributed by atoms with E-state index < -0.39 is 11.9 Å². The first kappa shape index (κ1) is 22.8. The summed E-state index contributed by atoms with van der Waals surface area (Å²) in [6, 6.07) is 9.51. The zero-order valence-electron chi connectivity index (χ0n) is 17.2. The summed E-state index contributed by atoms with van der Waals surface area (Å²) in [6.07, 6.45) is 0.245. The highest BCUT2D eigenvalue weighted by Gasteiger charge is 2.41. The molecule has 1 saturated heterocycles. The Morgan fingerprint density at radius 3 is 2.19 bits per heavy atom. The first-order chi connectivity index (χ1) is 15.1. The zero-order valence-corrected chi connectivity index (χ0v) is 18.7. The summed E-state index contributed by atoms with van der Waals surface area (Å²) in [5.41, 5.74) is 2.30. The highest BCUT2D eigenvalue weighted by molar-refractivity contribution is 6.36. The summed E-state index contributed by atoms with van der Waals surface area (Å²) in [4.78, 5) is 27.3. The Balaban J connectivity index is 1.47. The molecule has 2 aliphatic rings. The van der Waals surface area contributed by atoms with Gasteiger partial charge in [0.15, 0.2) is 0 Å². The van der Waals surface area contributed by atoms with Crippen molar-refractivity contribution in [1.82, 2.24) is 9.80 Å². The van der Waals surface area contributed by atoms with Crippen molar-refractivity contribution < 1.29 is 23.5 Å². The first-order valence-electron chi connectivity index (χ1n) is 10.4. The molecule has 5 nitrogen and oxygen atoms in total. The molecule has 0 atom stereocenters. The fourth-order valence-electron chi connectivity index (χ4n) is 4.34. The fraction of sp³-hybridized carbons (Fsp3) is 0.391. The largest absolute Gasteiger partial charge is 0.478 e. The molecule has 170 valence electrons. The minimum Gasteiger partial charge on any atom is -0.478 e. The van der Waals surface area contributed by atoms with Crippen LogP contribution in [-0.2, 0) is 6.54 Å². The van der Waals surface area contributed by atoms with E-state index in [0.29, 0.717) is 41.5 Å². The van der Waals surface area contributed by atoms with E-state index in [9.17, 15) is 18.4 Å². The van der Waals surface area contributed by atoms with E-state index in [-0.39, 0.29) is 37.0 Å². The third-order valence-corrected chi connectivity index (χ3v) is 6.88. The number of alkyl halides is 2. The SMILES string of the molecule is O=C(O)c1ccc(-c2cc(Cl)c(CN3CCN(C4CCC(F)(F)CC4)C3=O)c(Cl)c2)cc1. The van der Waals surface area contributed by atoms with Gasteiger partial charge in [-0.25, -0.2) is 18.4 Å². The van der Waals surface area contributed by atoms with Gasteiger partial charge >= 0.3 is 12.0 Å². The van der Waals surface area contributed by atoms with Crippen LogP contribution in [0.15, 0.2) is 36.4 Å². The second-order valence-corrected chi connectivity index (χ2v) is 9.10. The van der Waals surface area contributed by atoms with Crippen LogP contribution in [0.25, 0.3) is 11.1 Å². The van der Waals surface area contributed by atoms with E-state index >= 15 is 0 Å². The third kappa shape index (κ3) is 4.69. The lowest BCUT2D eigenvalue weighted by molar-refractivity contribution is -0.0484. The summed E-state index contributed by atoms with van der Waals surface area (Å²) in [5.74, 6) is -3.63. The smallest absolute Gasteiger partial charge is 0.335 e. The van der Waals surface area contributed by atoms with Gasteiger partial charge in [0.2, 0.25) is 5.92 Å². The maximum Gasteiger partial charge on any atom is 0.335 e. The van der Waals surface area contributed by atoms with Crippen molar-refractivity contribution in [2.24, 2.45) is 0 Å². The van der Waals surface area contributed by atoms with Crippen molar-refractivity contribution in [3.8, 4) is 11.1 Å². The van der Waals surface area contributed by atoms with E-state index in [4.69, 9.17) is 28.3 Å². The summed E-state index contributed by atoms with van der Waals surface area (Å²) >= 11 is 13.0. The van der Waals surface area contributed by atoms with Crippen LogP contribution < -0.4 is 0 Å². The van der Waals surface area contributed by atoms with Crippen molar-refractivity contribution in [3.63, 3.8) is 0 Å². The molecular weight excluding hydrogens is 461 g/mol. The molecule has 2 amide bonds. The molecule has 0 spiro atoms. The number of amides is 2. The van der Waals surface area contributed by atoms with Gasteiger partial charge in [-0.2, -0.15) is 0 Å². The van der Waals surface area contributed by atoms with Gasteiger partial charge in [0.25, 0.3) is 0 Å². The average molecular weight is 483 g/mol. The van der Waals surface area contributed by atoms with Gasteiger partial charge in [0, 0.05) is 47.6 Å². The summed E-state index contributed by atoms with van der Waals surface area (Å²) in [7, 11) is 0. The van der Waals surface area contributed by atoms with Crippen LogP contribution in [0.1, 0.15) is 41.6 Å². The van der Waals surface area contributed by atoms with E-state index in [1.54, 1.807) is 34.1 Å². The van der Waals surface area contributed by atoms with E-state index in [1.165, 1.54) is 12.1 Å². The average Bonchev–Trinajstić information content (AvgIpc) is 3.11. The minimum absolute atomic E-state index is 0.158. The van der Waals surface area contributed by atoms with Crippen LogP contribution >= 0.6 is 23.2 Å². The number of carboxylic acids is 1. The molecule has 1 aliphatic carbocycles. The van der Waals surface area contributed by atoms with Crippen LogP contribution in [0.2, 0.25) is 10.0 Å². The number of hydrogen-bond donors (Lipinski definition) is 1. The predicted octanol–water partition coefficient (Wildman–Crippen LogP) is 6.17. The molecule has 0 bridgehead atoms. The highest BCUT2D eigenvalue weighted by atomic mass is 35.5. The van der Waals surface area contributed by atoms with E-state index in [1.807, 2.05) is 0 Å². The summed E-state index contributed by atoms with van der Waals surface area (Å²) in [5, 5.41) is 9.84. The molecule has 0 radical (unpaired) electrons. The number of rotatable bonds is 5. The maximum absolute atomic E-state index is 13.5. The van der Waals surface area contributed by atoms with Gasteiger partial charge in [-0.1, -0.05) is 35.3 Å². The number of hydrogen-bond acceptors (Lipinski definition) is 2. The molecule has 1 saturated carbocycles. The van der Waals surface area contributed by atoms with Crippen LogP contribution in [0, 0.1) is 0 Å². The second-order valence-electron chi connectivity index (χ2n) is 8.29. The number of carbonyl (C=O) groups is 2. The van der Waals surface area contributed by atoms with Gasteiger partial charge < -0.3 is 14.9 Å². The number of aromatic carboxylic acids is 1. The van der Waals surface area contributed by atoms with Crippen molar-refractivity contribution in [2.75, 3.05) is 13.1 Å². The monoisotopic (exact) mass is 482 g/mol. The molecule has 4 rings (SSSR count). The van der Waals surface area contributed by atoms with Gasteiger partial charge in [0.05, 0.1) is 12.1 Å². The summed E-state index contributed by atoms with van der Waals surface area (Å²) in [6.45, 7) is 1.21. The Hall–Kier alpha value is -2.38. The van der Waals surface area contributed by atoms with Crippen molar-refractivity contribution >= 4 is 35.2 Å². The van der Waals surface area contributed by atoms with Crippen LogP contribution in [-0.4, -0.2) is 52.0 Å². The van der Waals surface area contributed by atoms with Crippen molar-refractivity contribution in [3.05, 3.63) is 57.6 Å². The Morgan fingerprint density at radius 1 is 1.03 bits per heavy atom. The number of carbonyl (C=O) groups excluding carboxylic acids is 1. The third-order valence-electron chi connectivity index (χ3n) is 6.21. The predicted molar refractivity (Wildman–Crippen MR) is 119 cm³/mol. The Morgan fingerprint density at radius 2 is 1.62 bits per heavy atom. The number of urea groups is 1. The second kappa shape index (κ2) is 8.87. The van der Waals surface area contributed by atoms with Crippen LogP contribution in [0.3, 0.4) is 0 Å². The molecule has 1 N–H and O–H groups in total. The Kier molecular flexibility index (Phi) is 6.32. The number of carboxylic acid groups (broad SMARTS) is 1. The molecule has 32 heavy (non-hydrogen) atoms. The molecule has 0 unspecified atom stereocenters. The number of nitrogens with zero attached hydrogens (tertiary/aromatic N) is 2. The minimum atomic E-state index is -2.63. The lowest BCUT2D eigenvalue weighted by Gasteiger charge is -2.34. The van der Waals surface area contributed by atoms with Gasteiger partial charge in [-0.05, 0) is 48.2 Å². The molecule has 0 aromatic heterocycles. The fourth-order valence-corrected chi connectivity index (χ4v) is 4.95. The van der Waals surface area contributed by atoms with Crippen LogP contribution in [0.4, 0.5) is 13.6 Å². The normalized spacial score (nSPS) is 18.9.